The van der Waals surface area contributed by atoms with Crippen molar-refractivity contribution in [3.8, 4) is 5.75 Å². The Labute approximate surface area is 177 Å². The molecular formula is C23H29N3O4. The molecule has 2 aromatic rings. The van der Waals surface area contributed by atoms with Gasteiger partial charge in [0.05, 0.1) is 32.0 Å². The van der Waals surface area contributed by atoms with Crippen LogP contribution in [0.25, 0.3) is 0 Å². The lowest BCUT2D eigenvalue weighted by Crippen LogP contribution is -2.45. The van der Waals surface area contributed by atoms with Crippen molar-refractivity contribution in [2.75, 3.05) is 40.0 Å². The molecule has 1 amide bonds. The Bertz CT molecular complexity index is 847. The molecule has 2 aliphatic heterocycles. The maximum atomic E-state index is 12.3. The number of para-hydroxylation sites is 1. The number of carbonyl (C=O) groups is 1. The maximum Gasteiger partial charge on any atom is 0.252 e. The van der Waals surface area contributed by atoms with Gasteiger partial charge >= 0.3 is 0 Å². The Morgan fingerprint density at radius 3 is 3.07 bits per heavy atom. The fraction of sp³-hybridized carbons (Fsp3) is 0.478. The minimum Gasteiger partial charge on any atom is -0.496 e. The number of carbonyl (C=O) groups excluding carboxylic acids is 1. The molecule has 1 N–H and O–H groups in total. The van der Waals surface area contributed by atoms with Gasteiger partial charge in [-0.2, -0.15) is 0 Å². The van der Waals surface area contributed by atoms with Gasteiger partial charge in [-0.25, -0.2) is 0 Å². The summed E-state index contributed by atoms with van der Waals surface area (Å²) in [7, 11) is 1.70. The summed E-state index contributed by atoms with van der Waals surface area (Å²) in [5.74, 6) is 0.780. The zero-order valence-electron chi connectivity index (χ0n) is 17.4. The molecule has 2 fully saturated rings. The second-order valence-electron chi connectivity index (χ2n) is 7.99. The zero-order chi connectivity index (χ0) is 20.8. The van der Waals surface area contributed by atoms with Crippen LogP contribution >= 0.6 is 0 Å². The van der Waals surface area contributed by atoms with Crippen LogP contribution in [0, 0.1) is 0 Å². The Morgan fingerprint density at radius 1 is 1.33 bits per heavy atom. The summed E-state index contributed by atoms with van der Waals surface area (Å²) in [5.41, 5.74) is 1.39. The molecule has 30 heavy (non-hydrogen) atoms. The average Bonchev–Trinajstić information content (AvgIpc) is 3.07. The number of nitrogens with one attached hydrogen (secondary N) is 1. The minimum atomic E-state index is -0.331. The number of methoxy groups -OCH3 is 1. The van der Waals surface area contributed by atoms with Crippen LogP contribution in [-0.4, -0.2) is 67.5 Å². The number of pyridine rings is 1. The summed E-state index contributed by atoms with van der Waals surface area (Å²) in [4.78, 5) is 18.7. The quantitative estimate of drug-likeness (QED) is 0.786. The normalized spacial score (nSPS) is 24.5. The number of hydrogen-bond donors (Lipinski definition) is 1. The lowest BCUT2D eigenvalue weighted by Gasteiger charge is -2.32. The van der Waals surface area contributed by atoms with E-state index < -0.39 is 0 Å². The van der Waals surface area contributed by atoms with E-state index in [0.29, 0.717) is 25.3 Å². The van der Waals surface area contributed by atoms with E-state index in [4.69, 9.17) is 14.2 Å². The Balaban J connectivity index is 1.35. The van der Waals surface area contributed by atoms with E-state index in [1.807, 2.05) is 18.2 Å². The number of amides is 1. The smallest absolute Gasteiger partial charge is 0.252 e. The van der Waals surface area contributed by atoms with Gasteiger partial charge in [0.2, 0.25) is 0 Å². The highest BCUT2D eigenvalue weighted by molar-refractivity contribution is 5.93. The maximum absolute atomic E-state index is 12.3. The molecular weight excluding hydrogens is 382 g/mol. The summed E-state index contributed by atoms with van der Waals surface area (Å²) >= 11 is 0. The second-order valence-corrected chi connectivity index (χ2v) is 7.99. The van der Waals surface area contributed by atoms with Crippen molar-refractivity contribution in [1.29, 1.82) is 0 Å². The highest BCUT2D eigenvalue weighted by Crippen LogP contribution is 2.33. The summed E-state index contributed by atoms with van der Waals surface area (Å²) < 4.78 is 17.9. The first-order chi connectivity index (χ1) is 14.7. The standard InChI is InChI=1S/C23H29N3O4/c1-28-21-7-3-2-5-19(21)15-26-11-12-29-17-23(16-26)9-8-20(30-23)14-25-22(27)18-6-4-10-24-13-18/h2-7,10,13,20H,8-9,11-12,14-17H2,1H3,(H,25,27). The van der Waals surface area contributed by atoms with Gasteiger partial charge in [-0.3, -0.25) is 14.7 Å². The molecule has 2 saturated heterocycles. The molecule has 0 saturated carbocycles. The first-order valence-electron chi connectivity index (χ1n) is 10.5. The fourth-order valence-electron chi connectivity index (χ4n) is 4.26. The predicted molar refractivity (Wildman–Crippen MR) is 112 cm³/mol. The van der Waals surface area contributed by atoms with Crippen LogP contribution in [0.5, 0.6) is 5.75 Å². The van der Waals surface area contributed by atoms with Gasteiger partial charge < -0.3 is 19.5 Å². The van der Waals surface area contributed by atoms with Crippen molar-refractivity contribution in [2.24, 2.45) is 0 Å². The molecule has 1 aromatic carbocycles. The van der Waals surface area contributed by atoms with E-state index in [1.54, 1.807) is 31.6 Å². The van der Waals surface area contributed by atoms with Crippen molar-refractivity contribution in [1.82, 2.24) is 15.2 Å². The van der Waals surface area contributed by atoms with Gasteiger partial charge in [-0.1, -0.05) is 18.2 Å². The number of ether oxygens (including phenoxy) is 3. The summed E-state index contributed by atoms with van der Waals surface area (Å²) in [5, 5.41) is 2.97. The van der Waals surface area contributed by atoms with Crippen LogP contribution in [0.3, 0.4) is 0 Å². The minimum absolute atomic E-state index is 0.0135. The number of nitrogens with zero attached hydrogens (tertiary/aromatic N) is 2. The third-order valence-corrected chi connectivity index (χ3v) is 5.77. The second kappa shape index (κ2) is 9.55. The van der Waals surface area contributed by atoms with E-state index in [1.165, 1.54) is 0 Å². The number of aromatic nitrogens is 1. The first kappa shape index (κ1) is 20.8. The molecule has 3 heterocycles. The van der Waals surface area contributed by atoms with Crippen molar-refractivity contribution in [2.45, 2.75) is 31.1 Å². The van der Waals surface area contributed by atoms with Crippen LogP contribution in [-0.2, 0) is 16.0 Å². The highest BCUT2D eigenvalue weighted by Gasteiger charge is 2.43. The topological polar surface area (TPSA) is 72.9 Å². The van der Waals surface area contributed by atoms with Gasteiger partial charge in [0.1, 0.15) is 11.4 Å². The Morgan fingerprint density at radius 2 is 2.23 bits per heavy atom. The lowest BCUT2D eigenvalue weighted by molar-refractivity contribution is -0.0849. The Hall–Kier alpha value is -2.48. The van der Waals surface area contributed by atoms with E-state index in [-0.39, 0.29) is 17.6 Å². The van der Waals surface area contributed by atoms with Crippen LogP contribution in [0.2, 0.25) is 0 Å². The number of hydrogen-bond acceptors (Lipinski definition) is 6. The van der Waals surface area contributed by atoms with Crippen molar-refractivity contribution >= 4 is 5.91 Å². The Kier molecular flexibility index (Phi) is 6.62. The van der Waals surface area contributed by atoms with E-state index >= 15 is 0 Å². The van der Waals surface area contributed by atoms with Crippen molar-refractivity contribution in [3.63, 3.8) is 0 Å². The van der Waals surface area contributed by atoms with Gasteiger partial charge in [-0.15, -0.1) is 0 Å². The molecule has 2 atom stereocenters. The molecule has 160 valence electrons. The predicted octanol–water partition coefficient (Wildman–Crippen LogP) is 2.27. The van der Waals surface area contributed by atoms with Crippen molar-refractivity contribution < 1.29 is 19.0 Å². The monoisotopic (exact) mass is 411 g/mol. The molecule has 7 heteroatoms. The van der Waals surface area contributed by atoms with Crippen LogP contribution in [0.1, 0.15) is 28.8 Å². The highest BCUT2D eigenvalue weighted by atomic mass is 16.6. The van der Waals surface area contributed by atoms with E-state index in [9.17, 15) is 4.79 Å². The molecule has 7 nitrogen and oxygen atoms in total. The molecule has 1 spiro atoms. The zero-order valence-corrected chi connectivity index (χ0v) is 17.4. The van der Waals surface area contributed by atoms with E-state index in [0.717, 1.165) is 43.8 Å². The van der Waals surface area contributed by atoms with Crippen LogP contribution in [0.15, 0.2) is 48.8 Å². The average molecular weight is 412 g/mol. The van der Waals surface area contributed by atoms with Gasteiger partial charge in [0.15, 0.2) is 0 Å². The van der Waals surface area contributed by atoms with Gasteiger partial charge in [0, 0.05) is 44.1 Å². The number of rotatable bonds is 6. The van der Waals surface area contributed by atoms with E-state index in [2.05, 4.69) is 21.3 Å². The summed E-state index contributed by atoms with van der Waals surface area (Å²) in [6.45, 7) is 4.21. The summed E-state index contributed by atoms with van der Waals surface area (Å²) in [6, 6.07) is 11.6. The lowest BCUT2D eigenvalue weighted by atomic mass is 9.99. The molecule has 0 radical (unpaired) electrons. The molecule has 2 unspecified atom stereocenters. The third kappa shape index (κ3) is 4.98. The first-order valence-corrected chi connectivity index (χ1v) is 10.5. The van der Waals surface area contributed by atoms with Crippen LogP contribution in [0.4, 0.5) is 0 Å². The van der Waals surface area contributed by atoms with Crippen LogP contribution < -0.4 is 10.1 Å². The third-order valence-electron chi connectivity index (χ3n) is 5.77. The SMILES string of the molecule is COc1ccccc1CN1CCOCC2(CCC(CNC(=O)c3cccnc3)O2)C1. The molecule has 2 aliphatic rings. The molecule has 1 aromatic heterocycles. The summed E-state index contributed by atoms with van der Waals surface area (Å²) in [6.07, 6.45) is 5.03. The van der Waals surface area contributed by atoms with Gasteiger partial charge in [0.25, 0.3) is 5.91 Å². The molecule has 0 bridgehead atoms. The molecule has 0 aliphatic carbocycles. The van der Waals surface area contributed by atoms with Crippen molar-refractivity contribution in [3.05, 3.63) is 59.9 Å². The molecule has 4 rings (SSSR count). The number of benzene rings is 1. The largest absolute Gasteiger partial charge is 0.496 e. The fourth-order valence-corrected chi connectivity index (χ4v) is 4.26. The van der Waals surface area contributed by atoms with Gasteiger partial charge in [-0.05, 0) is 31.0 Å².